The summed E-state index contributed by atoms with van der Waals surface area (Å²) in [5.41, 5.74) is -1.45. The summed E-state index contributed by atoms with van der Waals surface area (Å²) in [6.45, 7) is 0. The van der Waals surface area contributed by atoms with Crippen LogP contribution in [0.4, 0.5) is 5.69 Å². The zero-order valence-corrected chi connectivity index (χ0v) is 14.2. The van der Waals surface area contributed by atoms with Gasteiger partial charge in [-0.05, 0) is 17.7 Å². The summed E-state index contributed by atoms with van der Waals surface area (Å²) < 4.78 is 5.09. The summed E-state index contributed by atoms with van der Waals surface area (Å²) in [5.74, 6) is 0.224. The van der Waals surface area contributed by atoms with Crippen molar-refractivity contribution >= 4 is 11.6 Å². The van der Waals surface area contributed by atoms with Gasteiger partial charge in [-0.25, -0.2) is 9.78 Å². The maximum atomic E-state index is 12.3. The Morgan fingerprint density at radius 2 is 1.89 bits per heavy atom. The van der Waals surface area contributed by atoms with E-state index < -0.39 is 22.7 Å². The number of benzene rings is 1. The number of nitrogens with one attached hydrogen (secondary N) is 4. The molecule has 10 heteroatoms. The quantitative estimate of drug-likeness (QED) is 0.497. The van der Waals surface area contributed by atoms with Crippen LogP contribution in [0.25, 0.3) is 0 Å². The second kappa shape index (κ2) is 7.52. The number of nitrogens with zero attached hydrogens (tertiary/aromatic N) is 1. The largest absolute Gasteiger partial charge is 0.497 e. The maximum Gasteiger partial charge on any atom is 0.325 e. The third-order valence-corrected chi connectivity index (χ3v) is 3.62. The monoisotopic (exact) mass is 369 g/mol. The highest BCUT2D eigenvalue weighted by atomic mass is 16.5. The van der Waals surface area contributed by atoms with Gasteiger partial charge in [0, 0.05) is 18.7 Å². The molecule has 2 heterocycles. The number of hydrogen-bond acceptors (Lipinski definition) is 6. The number of amides is 1. The molecule has 0 bridgehead atoms. The van der Waals surface area contributed by atoms with E-state index >= 15 is 0 Å². The summed E-state index contributed by atoms with van der Waals surface area (Å²) in [7, 11) is 1.56. The molecule has 0 fully saturated rings. The smallest absolute Gasteiger partial charge is 0.325 e. The van der Waals surface area contributed by atoms with E-state index in [-0.39, 0.29) is 17.2 Å². The van der Waals surface area contributed by atoms with E-state index in [2.05, 4.69) is 20.3 Å². The minimum absolute atomic E-state index is 0.159. The Hall–Kier alpha value is -3.95. The summed E-state index contributed by atoms with van der Waals surface area (Å²) in [6.07, 6.45) is 1.35. The van der Waals surface area contributed by atoms with E-state index in [1.807, 2.05) is 17.1 Å². The minimum Gasteiger partial charge on any atom is -0.497 e. The predicted octanol–water partition coefficient (Wildman–Crippen LogP) is -0.00180. The molecular weight excluding hydrogens is 354 g/mol. The Balaban J connectivity index is 1.83. The molecule has 27 heavy (non-hydrogen) atoms. The molecule has 0 unspecified atom stereocenters. The average molecular weight is 369 g/mol. The van der Waals surface area contributed by atoms with Crippen LogP contribution < -0.4 is 26.9 Å². The van der Waals surface area contributed by atoms with Crippen LogP contribution in [0, 0.1) is 0 Å². The number of carbonyl (C=O) groups is 1. The average Bonchev–Trinajstić information content (AvgIpc) is 2.64. The van der Waals surface area contributed by atoms with Crippen LogP contribution in [0.3, 0.4) is 0 Å². The van der Waals surface area contributed by atoms with Crippen molar-refractivity contribution in [1.82, 2.24) is 19.9 Å². The maximum absolute atomic E-state index is 12.3. The first-order valence-electron chi connectivity index (χ1n) is 7.81. The van der Waals surface area contributed by atoms with Crippen LogP contribution in [-0.4, -0.2) is 33.0 Å². The molecule has 0 saturated carbocycles. The van der Waals surface area contributed by atoms with Crippen molar-refractivity contribution in [2.45, 2.75) is 6.42 Å². The van der Waals surface area contributed by atoms with Gasteiger partial charge in [0.05, 0.1) is 7.11 Å². The lowest BCUT2D eigenvalue weighted by atomic mass is 10.1. The molecule has 10 nitrogen and oxygen atoms in total. The van der Waals surface area contributed by atoms with Crippen LogP contribution in [0.2, 0.25) is 0 Å². The number of hydrogen-bond donors (Lipinski definition) is 4. The van der Waals surface area contributed by atoms with Crippen molar-refractivity contribution in [3.8, 4) is 5.75 Å². The Kier molecular flexibility index (Phi) is 4.97. The summed E-state index contributed by atoms with van der Waals surface area (Å²) in [4.78, 5) is 57.7. The zero-order valence-electron chi connectivity index (χ0n) is 14.2. The molecular formula is C17H15N5O5. The third-order valence-electron chi connectivity index (χ3n) is 3.62. The predicted molar refractivity (Wildman–Crippen MR) is 96.3 cm³/mol. The first-order chi connectivity index (χ1) is 12.9. The number of aromatic nitrogens is 4. The lowest BCUT2D eigenvalue weighted by Gasteiger charge is -2.06. The van der Waals surface area contributed by atoms with E-state index in [1.165, 1.54) is 0 Å². The molecule has 1 aromatic carbocycles. The van der Waals surface area contributed by atoms with Gasteiger partial charge < -0.3 is 20.0 Å². The fourth-order valence-corrected chi connectivity index (χ4v) is 2.33. The third kappa shape index (κ3) is 4.37. The van der Waals surface area contributed by atoms with Gasteiger partial charge in [-0.2, -0.15) is 0 Å². The van der Waals surface area contributed by atoms with E-state index in [0.29, 0.717) is 12.2 Å². The Morgan fingerprint density at radius 3 is 2.56 bits per heavy atom. The lowest BCUT2D eigenvalue weighted by molar-refractivity contribution is 0.102. The molecule has 0 atom stereocenters. The molecule has 3 aromatic rings. The van der Waals surface area contributed by atoms with Crippen molar-refractivity contribution in [2.24, 2.45) is 0 Å². The number of aromatic amines is 3. The molecule has 0 saturated heterocycles. The van der Waals surface area contributed by atoms with Crippen LogP contribution in [0.1, 0.15) is 21.9 Å². The van der Waals surface area contributed by atoms with Crippen LogP contribution in [-0.2, 0) is 6.42 Å². The van der Waals surface area contributed by atoms with Crippen LogP contribution in [0.5, 0.6) is 5.75 Å². The van der Waals surface area contributed by atoms with Gasteiger partial charge in [0.25, 0.3) is 17.0 Å². The highest BCUT2D eigenvalue weighted by molar-refractivity contribution is 6.02. The summed E-state index contributed by atoms with van der Waals surface area (Å²) >= 11 is 0. The molecule has 138 valence electrons. The minimum atomic E-state index is -0.768. The summed E-state index contributed by atoms with van der Waals surface area (Å²) in [6, 6.07) is 8.18. The number of carbonyl (C=O) groups excluding carboxylic acids is 1. The van der Waals surface area contributed by atoms with E-state index in [9.17, 15) is 19.2 Å². The lowest BCUT2D eigenvalue weighted by Crippen LogP contribution is -2.28. The normalized spacial score (nSPS) is 10.4. The SMILES string of the molecule is COc1ccc(Cc2nc(C(=O)Nc3c[nH]c(=O)[nH]c3=O)cc(=O)[nH]2)cc1. The molecule has 0 aliphatic heterocycles. The standard InChI is InChI=1S/C17H15N5O5/c1-27-10-4-2-9(3-5-10)6-13-19-11(7-14(23)21-13)15(24)20-12-8-18-17(26)22-16(12)25/h2-5,7-8H,6H2,1H3,(H,20,24)(H,19,21,23)(H2,18,22,25,26). The second-order valence-corrected chi connectivity index (χ2v) is 5.54. The van der Waals surface area contributed by atoms with Crippen molar-refractivity contribution in [1.29, 1.82) is 0 Å². The molecule has 3 rings (SSSR count). The molecule has 1 amide bonds. The molecule has 0 aliphatic carbocycles. The number of anilines is 1. The van der Waals surface area contributed by atoms with Gasteiger partial charge in [-0.3, -0.25) is 19.4 Å². The summed E-state index contributed by atoms with van der Waals surface area (Å²) in [5, 5.41) is 2.30. The molecule has 2 aromatic heterocycles. The van der Waals surface area contributed by atoms with Crippen molar-refractivity contribution < 1.29 is 9.53 Å². The number of ether oxygens (including phenoxy) is 1. The Morgan fingerprint density at radius 1 is 1.15 bits per heavy atom. The van der Waals surface area contributed by atoms with Crippen molar-refractivity contribution in [3.63, 3.8) is 0 Å². The Bertz CT molecular complexity index is 1140. The highest BCUT2D eigenvalue weighted by Crippen LogP contribution is 2.13. The van der Waals surface area contributed by atoms with E-state index in [0.717, 1.165) is 17.8 Å². The molecule has 4 N–H and O–H groups in total. The first kappa shape index (κ1) is 17.9. The van der Waals surface area contributed by atoms with Crippen molar-refractivity contribution in [3.05, 3.63) is 84.8 Å². The zero-order chi connectivity index (χ0) is 19.4. The van der Waals surface area contributed by atoms with Crippen LogP contribution >= 0.6 is 0 Å². The topological polar surface area (TPSA) is 150 Å². The van der Waals surface area contributed by atoms with E-state index in [4.69, 9.17) is 4.74 Å². The van der Waals surface area contributed by atoms with Gasteiger partial charge in [-0.1, -0.05) is 12.1 Å². The molecule has 0 aliphatic rings. The molecule has 0 radical (unpaired) electrons. The van der Waals surface area contributed by atoms with Gasteiger partial charge in [-0.15, -0.1) is 0 Å². The van der Waals surface area contributed by atoms with Crippen molar-refractivity contribution in [2.75, 3.05) is 12.4 Å². The fourth-order valence-electron chi connectivity index (χ4n) is 2.33. The van der Waals surface area contributed by atoms with Gasteiger partial charge >= 0.3 is 5.69 Å². The second-order valence-electron chi connectivity index (χ2n) is 5.54. The highest BCUT2D eigenvalue weighted by Gasteiger charge is 2.13. The van der Waals surface area contributed by atoms with Crippen LogP contribution in [0.15, 0.2) is 50.9 Å². The number of methoxy groups -OCH3 is 1. The fraction of sp³-hybridized carbons (Fsp3) is 0.118. The Labute approximate surface area is 151 Å². The van der Waals surface area contributed by atoms with E-state index in [1.54, 1.807) is 19.2 Å². The van der Waals surface area contributed by atoms with Gasteiger partial charge in [0.1, 0.15) is 23.0 Å². The number of rotatable bonds is 5. The first-order valence-corrected chi connectivity index (χ1v) is 7.81. The number of H-pyrrole nitrogens is 3. The van der Waals surface area contributed by atoms with Gasteiger partial charge in [0.15, 0.2) is 0 Å². The van der Waals surface area contributed by atoms with Gasteiger partial charge in [0.2, 0.25) is 0 Å². The molecule has 0 spiro atoms.